The van der Waals surface area contributed by atoms with E-state index in [4.69, 9.17) is 4.74 Å². The van der Waals surface area contributed by atoms with Gasteiger partial charge in [0.15, 0.2) is 10.8 Å². The van der Waals surface area contributed by atoms with E-state index < -0.39 is 10.0 Å². The minimum absolute atomic E-state index is 0.128. The first-order valence-electron chi connectivity index (χ1n) is 10.7. The molecule has 0 radical (unpaired) electrons. The van der Waals surface area contributed by atoms with Gasteiger partial charge < -0.3 is 15.0 Å². The summed E-state index contributed by atoms with van der Waals surface area (Å²) in [6, 6.07) is 6.31. The Labute approximate surface area is 194 Å². The third kappa shape index (κ3) is 5.06. The second-order valence-electron chi connectivity index (χ2n) is 7.86. The van der Waals surface area contributed by atoms with Crippen LogP contribution >= 0.6 is 11.3 Å². The Bertz CT molecular complexity index is 1320. The monoisotopic (exact) mass is 485 g/mol. The molecule has 0 aliphatic heterocycles. The van der Waals surface area contributed by atoms with Crippen molar-refractivity contribution in [3.8, 4) is 5.88 Å². The molecule has 3 N–H and O–H groups in total. The first-order valence-corrected chi connectivity index (χ1v) is 13.1. The average Bonchev–Trinajstić information content (AvgIpc) is 3.50. The summed E-state index contributed by atoms with van der Waals surface area (Å²) in [5.74, 6) is 1.32. The third-order valence-corrected chi connectivity index (χ3v) is 7.68. The van der Waals surface area contributed by atoms with Crippen molar-refractivity contribution in [3.05, 3.63) is 42.2 Å². The molecule has 1 aromatic carbocycles. The van der Waals surface area contributed by atoms with Gasteiger partial charge in [0.05, 0.1) is 17.8 Å². The highest BCUT2D eigenvalue weighted by Gasteiger charge is 2.18. The van der Waals surface area contributed by atoms with Gasteiger partial charge in [0.1, 0.15) is 5.52 Å². The Morgan fingerprint density at radius 3 is 2.67 bits per heavy atom. The molecule has 3 aromatic heterocycles. The zero-order chi connectivity index (χ0) is 22.7. The number of sulfonamides is 1. The summed E-state index contributed by atoms with van der Waals surface area (Å²) in [6.07, 6.45) is 9.24. The van der Waals surface area contributed by atoms with E-state index in [9.17, 15) is 8.42 Å². The van der Waals surface area contributed by atoms with Crippen molar-refractivity contribution in [1.29, 1.82) is 0 Å². The normalized spacial score (nSPS) is 14.9. The number of H-pyrrole nitrogens is 1. The first kappa shape index (κ1) is 21.6. The Balaban J connectivity index is 1.31. The summed E-state index contributed by atoms with van der Waals surface area (Å²) in [7, 11) is -3.71. The largest absolute Gasteiger partial charge is 0.476 e. The summed E-state index contributed by atoms with van der Waals surface area (Å²) in [6.45, 7) is 0.614. The van der Waals surface area contributed by atoms with Gasteiger partial charge in [-0.1, -0.05) is 19.3 Å². The Morgan fingerprint density at radius 1 is 1.09 bits per heavy atom. The molecule has 0 bridgehead atoms. The van der Waals surface area contributed by atoms with Crippen LogP contribution in [0.5, 0.6) is 5.88 Å². The predicted octanol–water partition coefficient (Wildman–Crippen LogP) is 4.31. The number of fused-ring (bicyclic) bond motifs is 1. The van der Waals surface area contributed by atoms with E-state index in [2.05, 4.69) is 35.0 Å². The fraction of sp³-hybridized carbons (Fsp3) is 0.333. The smallest absolute Gasteiger partial charge is 0.263 e. The fourth-order valence-electron chi connectivity index (χ4n) is 3.81. The molecule has 0 saturated heterocycles. The van der Waals surface area contributed by atoms with Gasteiger partial charge in [-0.15, -0.1) is 11.3 Å². The molecule has 1 aliphatic rings. The van der Waals surface area contributed by atoms with Gasteiger partial charge in [-0.05, 0) is 43.0 Å². The topological polar surface area (TPSA) is 135 Å². The van der Waals surface area contributed by atoms with Crippen LogP contribution in [0.2, 0.25) is 0 Å². The minimum atomic E-state index is -3.71. The number of aromatic nitrogens is 5. The van der Waals surface area contributed by atoms with Gasteiger partial charge in [0, 0.05) is 17.3 Å². The highest BCUT2D eigenvalue weighted by Crippen LogP contribution is 2.27. The number of anilines is 3. The molecule has 10 nitrogen and oxygen atoms in total. The molecule has 33 heavy (non-hydrogen) atoms. The quantitative estimate of drug-likeness (QED) is 0.336. The van der Waals surface area contributed by atoms with E-state index in [1.54, 1.807) is 30.0 Å². The van der Waals surface area contributed by atoms with Crippen LogP contribution in [-0.2, 0) is 10.0 Å². The number of rotatable bonds is 8. The standard InChI is InChI=1S/C21H23N7O3S2/c29-33(30,28-21-22-10-11-32-21)16-8-6-15(7-9-16)25-20-26-18-17(23-13-24-18)19(27-20)31-12-14-4-2-1-3-5-14/h6-11,13-14H,1-5,12H2,(H,22,28)(H2,23,24,25,26,27). The number of ether oxygens (including phenoxy) is 1. The molecule has 0 unspecified atom stereocenters. The molecular formula is C21H23N7O3S2. The molecule has 1 saturated carbocycles. The molecule has 4 aromatic rings. The van der Waals surface area contributed by atoms with Crippen LogP contribution in [0.3, 0.4) is 0 Å². The second-order valence-corrected chi connectivity index (χ2v) is 10.4. The lowest BCUT2D eigenvalue weighted by Crippen LogP contribution is -2.16. The lowest BCUT2D eigenvalue weighted by molar-refractivity contribution is 0.205. The number of nitrogens with zero attached hydrogens (tertiary/aromatic N) is 4. The zero-order valence-corrected chi connectivity index (χ0v) is 19.3. The highest BCUT2D eigenvalue weighted by atomic mass is 32.2. The predicted molar refractivity (Wildman–Crippen MR) is 126 cm³/mol. The number of thiazole rings is 1. The van der Waals surface area contributed by atoms with Gasteiger partial charge in [-0.2, -0.15) is 9.97 Å². The minimum Gasteiger partial charge on any atom is -0.476 e. The van der Waals surface area contributed by atoms with Crippen molar-refractivity contribution in [1.82, 2.24) is 24.9 Å². The number of imidazole rings is 1. The molecule has 1 fully saturated rings. The molecule has 3 heterocycles. The van der Waals surface area contributed by atoms with E-state index in [0.29, 0.717) is 46.3 Å². The maximum Gasteiger partial charge on any atom is 0.263 e. The number of benzene rings is 1. The summed E-state index contributed by atoms with van der Waals surface area (Å²) < 4.78 is 33.5. The van der Waals surface area contributed by atoms with Crippen molar-refractivity contribution in [2.45, 2.75) is 37.0 Å². The van der Waals surface area contributed by atoms with Crippen molar-refractivity contribution >= 4 is 49.3 Å². The van der Waals surface area contributed by atoms with E-state index in [0.717, 1.165) is 0 Å². The van der Waals surface area contributed by atoms with Crippen LogP contribution in [0.15, 0.2) is 47.1 Å². The molecule has 5 rings (SSSR count). The summed E-state index contributed by atoms with van der Waals surface area (Å²) in [5, 5.41) is 5.13. The second kappa shape index (κ2) is 9.32. The van der Waals surface area contributed by atoms with Crippen molar-refractivity contribution < 1.29 is 13.2 Å². The van der Waals surface area contributed by atoms with E-state index >= 15 is 0 Å². The molecular weight excluding hydrogens is 462 g/mol. The van der Waals surface area contributed by atoms with Crippen LogP contribution in [-0.4, -0.2) is 39.9 Å². The zero-order valence-electron chi connectivity index (χ0n) is 17.7. The van der Waals surface area contributed by atoms with Crippen LogP contribution in [0.1, 0.15) is 32.1 Å². The molecule has 1 aliphatic carbocycles. The number of nitrogens with one attached hydrogen (secondary N) is 3. The average molecular weight is 486 g/mol. The van der Waals surface area contributed by atoms with E-state index in [1.807, 2.05) is 0 Å². The van der Waals surface area contributed by atoms with Crippen LogP contribution in [0.25, 0.3) is 11.2 Å². The van der Waals surface area contributed by atoms with Crippen molar-refractivity contribution in [3.63, 3.8) is 0 Å². The number of hydrogen-bond acceptors (Lipinski definition) is 9. The Morgan fingerprint density at radius 2 is 1.91 bits per heavy atom. The third-order valence-electron chi connectivity index (χ3n) is 5.51. The lowest BCUT2D eigenvalue weighted by atomic mass is 9.90. The fourth-order valence-corrected chi connectivity index (χ4v) is 5.60. The van der Waals surface area contributed by atoms with Crippen LogP contribution in [0, 0.1) is 5.92 Å². The van der Waals surface area contributed by atoms with Gasteiger partial charge >= 0.3 is 0 Å². The molecule has 0 amide bonds. The molecule has 0 atom stereocenters. The first-order chi connectivity index (χ1) is 16.1. The summed E-state index contributed by atoms with van der Waals surface area (Å²) >= 11 is 1.21. The van der Waals surface area contributed by atoms with Crippen molar-refractivity contribution in [2.75, 3.05) is 16.6 Å². The van der Waals surface area contributed by atoms with Crippen molar-refractivity contribution in [2.24, 2.45) is 5.92 Å². The van der Waals surface area contributed by atoms with Crippen LogP contribution in [0.4, 0.5) is 16.8 Å². The van der Waals surface area contributed by atoms with Gasteiger partial charge in [-0.3, -0.25) is 4.72 Å². The SMILES string of the molecule is O=S(=O)(Nc1nccs1)c1ccc(Nc2nc(OCC3CCCCC3)c3[nH]cnc3n2)cc1. The number of aromatic amines is 1. The number of hydrogen-bond donors (Lipinski definition) is 3. The molecule has 12 heteroatoms. The molecule has 172 valence electrons. The summed E-state index contributed by atoms with van der Waals surface area (Å²) in [5.41, 5.74) is 1.79. The van der Waals surface area contributed by atoms with Gasteiger partial charge in [0.2, 0.25) is 11.8 Å². The Hall–Kier alpha value is -3.25. The lowest BCUT2D eigenvalue weighted by Gasteiger charge is -2.21. The van der Waals surface area contributed by atoms with Gasteiger partial charge in [-0.25, -0.2) is 18.4 Å². The Kier molecular flexibility index (Phi) is 6.09. The molecule has 0 spiro atoms. The van der Waals surface area contributed by atoms with E-state index in [-0.39, 0.29) is 4.90 Å². The highest BCUT2D eigenvalue weighted by molar-refractivity contribution is 7.93. The van der Waals surface area contributed by atoms with E-state index in [1.165, 1.54) is 55.6 Å². The summed E-state index contributed by atoms with van der Waals surface area (Å²) in [4.78, 5) is 20.3. The maximum absolute atomic E-state index is 12.5. The van der Waals surface area contributed by atoms with Crippen LogP contribution < -0.4 is 14.8 Å². The maximum atomic E-state index is 12.5. The van der Waals surface area contributed by atoms with Gasteiger partial charge in [0.25, 0.3) is 10.0 Å².